The molecule has 6 rings (SSSR count). The van der Waals surface area contributed by atoms with E-state index in [-0.39, 0.29) is 0 Å². The third kappa shape index (κ3) is 4.67. The highest BCUT2D eigenvalue weighted by molar-refractivity contribution is 7.18. The molecule has 6 heteroatoms. The minimum absolute atomic E-state index is 0.883. The second-order valence-electron chi connectivity index (χ2n) is 10.2. The SMILES string of the molecule is CCN1/C(=C\C=C2/CCC(/C=C/c3sc4ccccc4[n+]3CC)=C2N2CCN(C)CC2)Oc2ccccc21. The van der Waals surface area contributed by atoms with Crippen molar-refractivity contribution in [3.05, 3.63) is 94.5 Å². The van der Waals surface area contributed by atoms with Crippen molar-refractivity contribution < 1.29 is 9.30 Å². The van der Waals surface area contributed by atoms with Crippen LogP contribution in [0.15, 0.2) is 89.5 Å². The van der Waals surface area contributed by atoms with Crippen LogP contribution >= 0.6 is 11.3 Å². The highest BCUT2D eigenvalue weighted by atomic mass is 32.1. The molecule has 0 saturated carbocycles. The number of para-hydroxylation sites is 3. The lowest BCUT2D eigenvalue weighted by molar-refractivity contribution is -0.665. The van der Waals surface area contributed by atoms with E-state index in [9.17, 15) is 0 Å². The van der Waals surface area contributed by atoms with E-state index in [0.717, 1.165) is 69.4 Å². The number of nitrogens with zero attached hydrogens (tertiary/aromatic N) is 4. The number of hydrogen-bond donors (Lipinski definition) is 0. The molecular formula is C32H37N4OS+. The van der Waals surface area contributed by atoms with E-state index in [1.807, 2.05) is 17.4 Å². The van der Waals surface area contributed by atoms with Gasteiger partial charge in [0.2, 0.25) is 11.4 Å². The molecule has 0 amide bonds. The Labute approximate surface area is 230 Å². The molecule has 196 valence electrons. The highest BCUT2D eigenvalue weighted by Crippen LogP contribution is 2.40. The Kier molecular flexibility index (Phi) is 7.09. The van der Waals surface area contributed by atoms with E-state index in [1.165, 1.54) is 32.1 Å². The van der Waals surface area contributed by atoms with Crippen molar-refractivity contribution in [2.45, 2.75) is 33.2 Å². The summed E-state index contributed by atoms with van der Waals surface area (Å²) in [4.78, 5) is 7.29. The van der Waals surface area contributed by atoms with Crippen LogP contribution in [0.5, 0.6) is 5.75 Å². The minimum Gasteiger partial charge on any atom is -0.439 e. The summed E-state index contributed by atoms with van der Waals surface area (Å²) >= 11 is 1.88. The Morgan fingerprint density at radius 3 is 2.53 bits per heavy atom. The second-order valence-corrected chi connectivity index (χ2v) is 11.2. The molecule has 1 saturated heterocycles. The second kappa shape index (κ2) is 10.8. The van der Waals surface area contributed by atoms with Gasteiger partial charge in [-0.1, -0.05) is 41.7 Å². The minimum atomic E-state index is 0.883. The standard InChI is InChI=1S/C32H37N4OS/c1-4-35-26-10-6-8-12-28(26)37-30(35)18-16-24-14-15-25(32(24)34-22-20-33(3)21-23-34)17-19-31-36(5-2)27-11-7-9-13-29(27)38-31/h6-13,16-19H,4-5,14-15,20-23H2,1-3H3/q+1. The Hall–Kier alpha value is -3.35. The zero-order valence-corrected chi connectivity index (χ0v) is 23.5. The first-order valence-corrected chi connectivity index (χ1v) is 14.7. The summed E-state index contributed by atoms with van der Waals surface area (Å²) in [5, 5.41) is 1.31. The summed E-state index contributed by atoms with van der Waals surface area (Å²) in [5.41, 5.74) is 6.76. The highest BCUT2D eigenvalue weighted by Gasteiger charge is 2.28. The van der Waals surface area contributed by atoms with Gasteiger partial charge in [-0.05, 0) is 75.2 Å². The third-order valence-corrected chi connectivity index (χ3v) is 8.98. The summed E-state index contributed by atoms with van der Waals surface area (Å²) in [6, 6.07) is 17.0. The van der Waals surface area contributed by atoms with Gasteiger partial charge in [-0.15, -0.1) is 0 Å². The van der Waals surface area contributed by atoms with Crippen molar-refractivity contribution >= 4 is 33.3 Å². The van der Waals surface area contributed by atoms with Crippen molar-refractivity contribution in [3.8, 4) is 5.75 Å². The lowest BCUT2D eigenvalue weighted by atomic mass is 10.1. The average molecular weight is 526 g/mol. The van der Waals surface area contributed by atoms with Gasteiger partial charge >= 0.3 is 0 Å². The van der Waals surface area contributed by atoms with Crippen molar-refractivity contribution in [3.63, 3.8) is 0 Å². The number of thiazole rings is 1. The predicted octanol–water partition coefficient (Wildman–Crippen LogP) is 6.20. The molecule has 1 fully saturated rings. The van der Waals surface area contributed by atoms with E-state index in [2.05, 4.69) is 107 Å². The molecule has 0 N–H and O–H groups in total. The number of rotatable bonds is 6. The van der Waals surface area contributed by atoms with Crippen LogP contribution in [0.2, 0.25) is 0 Å². The number of hydrogen-bond acceptors (Lipinski definition) is 5. The van der Waals surface area contributed by atoms with Crippen LogP contribution in [0.1, 0.15) is 31.7 Å². The Morgan fingerprint density at radius 1 is 0.921 bits per heavy atom. The number of anilines is 1. The molecule has 0 radical (unpaired) electrons. The molecule has 3 heterocycles. The fourth-order valence-electron chi connectivity index (χ4n) is 5.82. The number of piperazine rings is 1. The van der Waals surface area contributed by atoms with Gasteiger partial charge in [0.1, 0.15) is 11.2 Å². The lowest BCUT2D eigenvalue weighted by Gasteiger charge is -2.36. The number of allylic oxidation sites excluding steroid dienone is 5. The molecule has 3 aliphatic rings. The molecule has 2 aromatic carbocycles. The third-order valence-electron chi connectivity index (χ3n) is 7.85. The van der Waals surface area contributed by atoms with Gasteiger partial charge < -0.3 is 19.4 Å². The molecule has 5 nitrogen and oxygen atoms in total. The van der Waals surface area contributed by atoms with Gasteiger partial charge in [-0.3, -0.25) is 0 Å². The summed E-state index contributed by atoms with van der Waals surface area (Å²) in [5.74, 6) is 1.86. The molecule has 38 heavy (non-hydrogen) atoms. The number of aryl methyl sites for hydroxylation is 1. The van der Waals surface area contributed by atoms with E-state index in [0.29, 0.717) is 0 Å². The maximum atomic E-state index is 6.24. The largest absolute Gasteiger partial charge is 0.439 e. The first kappa shape index (κ1) is 25.0. The first-order chi connectivity index (χ1) is 18.7. The smallest absolute Gasteiger partial charge is 0.262 e. The molecule has 0 bridgehead atoms. The van der Waals surface area contributed by atoms with Gasteiger partial charge in [0, 0.05) is 50.6 Å². The fraction of sp³-hybridized carbons (Fsp3) is 0.344. The van der Waals surface area contributed by atoms with Crippen LogP contribution in [0.25, 0.3) is 16.3 Å². The lowest BCUT2D eigenvalue weighted by Crippen LogP contribution is -2.44. The summed E-state index contributed by atoms with van der Waals surface area (Å²) in [6.45, 7) is 10.6. The predicted molar refractivity (Wildman–Crippen MR) is 158 cm³/mol. The van der Waals surface area contributed by atoms with Crippen LogP contribution in [0, 0.1) is 0 Å². The molecule has 1 aromatic heterocycles. The Bertz CT molecular complexity index is 1460. The monoisotopic (exact) mass is 525 g/mol. The quantitative estimate of drug-likeness (QED) is 0.357. The Morgan fingerprint density at radius 2 is 1.71 bits per heavy atom. The average Bonchev–Trinajstić information content (AvgIpc) is 3.63. The van der Waals surface area contributed by atoms with E-state index in [4.69, 9.17) is 4.74 Å². The van der Waals surface area contributed by atoms with Crippen LogP contribution in [0.4, 0.5) is 5.69 Å². The molecule has 0 unspecified atom stereocenters. The van der Waals surface area contributed by atoms with Gasteiger partial charge in [-0.2, -0.15) is 4.57 Å². The normalized spacial score (nSPS) is 20.5. The fourth-order valence-corrected chi connectivity index (χ4v) is 6.95. The summed E-state index contributed by atoms with van der Waals surface area (Å²) < 4.78 is 10.0. The van der Waals surface area contributed by atoms with Crippen molar-refractivity contribution in [2.75, 3.05) is 44.7 Å². The van der Waals surface area contributed by atoms with Crippen molar-refractivity contribution in [2.24, 2.45) is 0 Å². The van der Waals surface area contributed by atoms with Crippen LogP contribution in [0.3, 0.4) is 0 Å². The zero-order valence-electron chi connectivity index (χ0n) is 22.7. The zero-order chi connectivity index (χ0) is 26.1. The van der Waals surface area contributed by atoms with E-state index in [1.54, 1.807) is 0 Å². The topological polar surface area (TPSA) is 22.8 Å². The van der Waals surface area contributed by atoms with Crippen LogP contribution in [-0.4, -0.2) is 49.6 Å². The van der Waals surface area contributed by atoms with Gasteiger partial charge in [0.25, 0.3) is 5.01 Å². The van der Waals surface area contributed by atoms with Crippen LogP contribution < -0.4 is 14.2 Å². The van der Waals surface area contributed by atoms with E-state index < -0.39 is 0 Å². The van der Waals surface area contributed by atoms with Crippen molar-refractivity contribution in [1.82, 2.24) is 9.80 Å². The van der Waals surface area contributed by atoms with Gasteiger partial charge in [0.05, 0.1) is 5.69 Å². The summed E-state index contributed by atoms with van der Waals surface area (Å²) in [6.07, 6.45) is 11.4. The van der Waals surface area contributed by atoms with Gasteiger partial charge in [-0.25, -0.2) is 0 Å². The van der Waals surface area contributed by atoms with Crippen molar-refractivity contribution in [1.29, 1.82) is 0 Å². The molecular weight excluding hydrogens is 488 g/mol. The number of fused-ring (bicyclic) bond motifs is 2. The maximum Gasteiger partial charge on any atom is 0.262 e. The molecule has 0 spiro atoms. The maximum absolute atomic E-state index is 6.24. The van der Waals surface area contributed by atoms with Crippen LogP contribution in [-0.2, 0) is 6.54 Å². The Balaban J connectivity index is 1.35. The molecule has 1 aliphatic carbocycles. The number of benzene rings is 2. The molecule has 2 aliphatic heterocycles. The molecule has 3 aromatic rings. The number of ether oxygens (including phenoxy) is 1. The number of aromatic nitrogens is 1. The van der Waals surface area contributed by atoms with E-state index >= 15 is 0 Å². The molecule has 0 atom stereocenters. The van der Waals surface area contributed by atoms with Gasteiger partial charge in [0.15, 0.2) is 5.75 Å². The summed E-state index contributed by atoms with van der Waals surface area (Å²) in [7, 11) is 2.22. The first-order valence-electron chi connectivity index (χ1n) is 13.9. The number of likely N-dealkylation sites (N-methyl/N-ethyl adjacent to an activating group) is 1.